The number of rotatable bonds is 4. The summed E-state index contributed by atoms with van der Waals surface area (Å²) in [6.45, 7) is 4.43. The minimum absolute atomic E-state index is 0.561. The molecule has 0 radical (unpaired) electrons. The fourth-order valence-electron chi connectivity index (χ4n) is 1.13. The molecule has 0 saturated heterocycles. The van der Waals surface area contributed by atoms with E-state index < -0.39 is 0 Å². The maximum atomic E-state index is 8.82. The van der Waals surface area contributed by atoms with Crippen LogP contribution in [0.4, 0.5) is 5.69 Å². The molecule has 1 rings (SSSR count). The average molecular weight is 220 g/mol. The lowest BCUT2D eigenvalue weighted by molar-refractivity contribution is 0.632. The van der Waals surface area contributed by atoms with Crippen molar-refractivity contribution in [3.63, 3.8) is 0 Å². The van der Waals surface area contributed by atoms with Crippen LogP contribution < -0.4 is 5.73 Å². The van der Waals surface area contributed by atoms with Crippen LogP contribution in [0.2, 0.25) is 0 Å². The van der Waals surface area contributed by atoms with Crippen LogP contribution in [-0.2, 0) is 0 Å². The van der Waals surface area contributed by atoms with Gasteiger partial charge in [0.2, 0.25) is 0 Å². The number of hydrogen-bond acceptors (Lipinski definition) is 3. The zero-order chi connectivity index (χ0) is 11.3. The van der Waals surface area contributed by atoms with Crippen LogP contribution in [0.3, 0.4) is 0 Å². The van der Waals surface area contributed by atoms with Gasteiger partial charge in [-0.1, -0.05) is 13.8 Å². The van der Waals surface area contributed by atoms with Gasteiger partial charge in [-0.2, -0.15) is 5.26 Å². The molecule has 0 spiro atoms. The molecular weight excluding hydrogens is 204 g/mol. The van der Waals surface area contributed by atoms with Crippen LogP contribution in [0.5, 0.6) is 0 Å². The first-order chi connectivity index (χ1) is 7.13. The number of nitrogen functional groups attached to an aromatic ring is 1. The summed E-state index contributed by atoms with van der Waals surface area (Å²) >= 11 is 1.78. The molecule has 0 saturated carbocycles. The van der Waals surface area contributed by atoms with Crippen LogP contribution in [0.25, 0.3) is 0 Å². The SMILES string of the molecule is CC(C)CCSc1ccc(N)c(C#N)c1. The van der Waals surface area contributed by atoms with E-state index in [1.165, 1.54) is 6.42 Å². The Morgan fingerprint density at radius 1 is 1.47 bits per heavy atom. The topological polar surface area (TPSA) is 49.8 Å². The Bertz CT molecular complexity index is 366. The predicted molar refractivity (Wildman–Crippen MR) is 65.7 cm³/mol. The number of anilines is 1. The third-order valence-corrected chi connectivity index (χ3v) is 3.14. The molecule has 1 aromatic rings. The van der Waals surface area contributed by atoms with Gasteiger partial charge >= 0.3 is 0 Å². The Kier molecular flexibility index (Phi) is 4.51. The monoisotopic (exact) mass is 220 g/mol. The first-order valence-corrected chi connectivity index (χ1v) is 6.04. The molecule has 15 heavy (non-hydrogen) atoms. The molecule has 0 unspecified atom stereocenters. The highest BCUT2D eigenvalue weighted by Crippen LogP contribution is 2.23. The number of nitrogens with zero attached hydrogens (tertiary/aromatic N) is 1. The molecule has 0 heterocycles. The standard InChI is InChI=1S/C12H16N2S/c1-9(2)5-6-15-11-3-4-12(14)10(7-11)8-13/h3-4,7,9H,5-6,14H2,1-2H3. The van der Waals surface area contributed by atoms with Crippen molar-refractivity contribution in [2.24, 2.45) is 5.92 Å². The highest BCUT2D eigenvalue weighted by Gasteiger charge is 2.01. The smallest absolute Gasteiger partial charge is 0.101 e. The van der Waals surface area contributed by atoms with Crippen molar-refractivity contribution in [3.05, 3.63) is 23.8 Å². The van der Waals surface area contributed by atoms with E-state index in [2.05, 4.69) is 19.9 Å². The Morgan fingerprint density at radius 3 is 2.80 bits per heavy atom. The molecule has 0 aliphatic carbocycles. The Balaban J connectivity index is 2.60. The van der Waals surface area contributed by atoms with Crippen LogP contribution in [0, 0.1) is 17.2 Å². The third kappa shape index (κ3) is 3.85. The minimum Gasteiger partial charge on any atom is -0.398 e. The van der Waals surface area contributed by atoms with Gasteiger partial charge in [-0.3, -0.25) is 0 Å². The molecule has 3 heteroatoms. The molecule has 0 bridgehead atoms. The van der Waals surface area contributed by atoms with Crippen molar-refractivity contribution in [2.45, 2.75) is 25.2 Å². The minimum atomic E-state index is 0.561. The lowest BCUT2D eigenvalue weighted by Crippen LogP contribution is -1.92. The van der Waals surface area contributed by atoms with E-state index in [9.17, 15) is 0 Å². The predicted octanol–water partition coefficient (Wildman–Crippen LogP) is 3.28. The van der Waals surface area contributed by atoms with Crippen LogP contribution in [0.15, 0.2) is 23.1 Å². The number of nitrogens with two attached hydrogens (primary N) is 1. The molecule has 0 aromatic heterocycles. The van der Waals surface area contributed by atoms with Gasteiger partial charge in [-0.05, 0) is 36.3 Å². The normalized spacial score (nSPS) is 10.3. The molecule has 80 valence electrons. The van der Waals surface area contributed by atoms with E-state index in [4.69, 9.17) is 11.0 Å². The second-order valence-corrected chi connectivity index (χ2v) is 5.06. The zero-order valence-corrected chi connectivity index (χ0v) is 9.97. The fraction of sp³-hybridized carbons (Fsp3) is 0.417. The number of thioether (sulfide) groups is 1. The van der Waals surface area contributed by atoms with E-state index in [0.717, 1.165) is 16.6 Å². The number of nitriles is 1. The molecule has 0 amide bonds. The second-order valence-electron chi connectivity index (χ2n) is 3.89. The van der Waals surface area contributed by atoms with Gasteiger partial charge in [0.1, 0.15) is 6.07 Å². The molecule has 1 aromatic carbocycles. The van der Waals surface area contributed by atoms with Gasteiger partial charge in [-0.25, -0.2) is 0 Å². The summed E-state index contributed by atoms with van der Waals surface area (Å²) in [7, 11) is 0. The lowest BCUT2D eigenvalue weighted by Gasteiger charge is -2.05. The number of benzene rings is 1. The van der Waals surface area contributed by atoms with Crippen molar-refractivity contribution in [3.8, 4) is 6.07 Å². The Hall–Kier alpha value is -1.14. The quantitative estimate of drug-likeness (QED) is 0.625. The summed E-state index contributed by atoms with van der Waals surface area (Å²) in [4.78, 5) is 1.13. The van der Waals surface area contributed by atoms with E-state index in [-0.39, 0.29) is 0 Å². The summed E-state index contributed by atoms with van der Waals surface area (Å²) in [6, 6.07) is 7.73. The first-order valence-electron chi connectivity index (χ1n) is 5.06. The van der Waals surface area contributed by atoms with Gasteiger partial charge in [0, 0.05) is 10.6 Å². The molecule has 0 aliphatic heterocycles. The van der Waals surface area contributed by atoms with Crippen molar-refractivity contribution in [2.75, 3.05) is 11.5 Å². The van der Waals surface area contributed by atoms with E-state index in [0.29, 0.717) is 11.3 Å². The largest absolute Gasteiger partial charge is 0.398 e. The van der Waals surface area contributed by atoms with Crippen molar-refractivity contribution < 1.29 is 0 Å². The third-order valence-electron chi connectivity index (χ3n) is 2.11. The van der Waals surface area contributed by atoms with Crippen molar-refractivity contribution in [1.82, 2.24) is 0 Å². The van der Waals surface area contributed by atoms with Gasteiger partial charge in [0.05, 0.1) is 5.56 Å². The first kappa shape index (κ1) is 11.9. The lowest BCUT2D eigenvalue weighted by atomic mass is 10.2. The summed E-state index contributed by atoms with van der Waals surface area (Å²) < 4.78 is 0. The summed E-state index contributed by atoms with van der Waals surface area (Å²) in [6.07, 6.45) is 1.19. The van der Waals surface area contributed by atoms with Gasteiger partial charge in [0.25, 0.3) is 0 Å². The Morgan fingerprint density at radius 2 is 2.20 bits per heavy atom. The van der Waals surface area contributed by atoms with Crippen LogP contribution in [-0.4, -0.2) is 5.75 Å². The maximum Gasteiger partial charge on any atom is 0.101 e. The summed E-state index contributed by atoms with van der Waals surface area (Å²) in [5, 5.41) is 8.82. The van der Waals surface area contributed by atoms with Crippen molar-refractivity contribution >= 4 is 17.4 Å². The number of hydrogen-bond donors (Lipinski definition) is 1. The van der Waals surface area contributed by atoms with E-state index in [1.807, 2.05) is 12.1 Å². The Labute approximate surface area is 95.5 Å². The van der Waals surface area contributed by atoms with E-state index in [1.54, 1.807) is 17.8 Å². The molecule has 2 nitrogen and oxygen atoms in total. The fourth-order valence-corrected chi connectivity index (χ4v) is 2.32. The maximum absolute atomic E-state index is 8.82. The molecule has 0 atom stereocenters. The van der Waals surface area contributed by atoms with Gasteiger partial charge in [-0.15, -0.1) is 11.8 Å². The molecular formula is C12H16N2S. The summed E-state index contributed by atoms with van der Waals surface area (Å²) in [5.74, 6) is 1.81. The second kappa shape index (κ2) is 5.67. The van der Waals surface area contributed by atoms with Gasteiger partial charge < -0.3 is 5.73 Å². The molecule has 2 N–H and O–H groups in total. The average Bonchev–Trinajstić information content (AvgIpc) is 2.20. The van der Waals surface area contributed by atoms with Gasteiger partial charge in [0.15, 0.2) is 0 Å². The highest BCUT2D eigenvalue weighted by molar-refractivity contribution is 7.99. The summed E-state index contributed by atoms with van der Waals surface area (Å²) in [5.41, 5.74) is 6.78. The highest BCUT2D eigenvalue weighted by atomic mass is 32.2. The van der Waals surface area contributed by atoms with Crippen LogP contribution >= 0.6 is 11.8 Å². The molecule has 0 aliphatic rings. The molecule has 0 fully saturated rings. The van der Waals surface area contributed by atoms with Crippen LogP contribution in [0.1, 0.15) is 25.8 Å². The zero-order valence-electron chi connectivity index (χ0n) is 9.16. The van der Waals surface area contributed by atoms with E-state index >= 15 is 0 Å². The van der Waals surface area contributed by atoms with Crippen molar-refractivity contribution in [1.29, 1.82) is 5.26 Å².